The summed E-state index contributed by atoms with van der Waals surface area (Å²) in [6, 6.07) is 1.45. The van der Waals surface area contributed by atoms with Gasteiger partial charge in [-0.15, -0.1) is 0 Å². The van der Waals surface area contributed by atoms with Crippen molar-refractivity contribution in [2.75, 3.05) is 6.61 Å². The van der Waals surface area contributed by atoms with Gasteiger partial charge in [-0.25, -0.2) is 4.39 Å². The smallest absolute Gasteiger partial charge is 0.147 e. The molecule has 0 aromatic carbocycles. The summed E-state index contributed by atoms with van der Waals surface area (Å²) in [5, 5.41) is 9.67. The summed E-state index contributed by atoms with van der Waals surface area (Å²) in [6.07, 6.45) is 1.57. The normalized spacial score (nSPS) is 13.9. The molecule has 0 aliphatic rings. The van der Waals surface area contributed by atoms with E-state index < -0.39 is 11.9 Å². The van der Waals surface area contributed by atoms with Gasteiger partial charge in [0.2, 0.25) is 0 Å². The predicted octanol–water partition coefficient (Wildman–Crippen LogP) is 2.07. The summed E-state index contributed by atoms with van der Waals surface area (Å²) in [5.41, 5.74) is -0.126. The summed E-state index contributed by atoms with van der Waals surface area (Å²) < 4.78 is 18.5. The molecule has 1 aromatic rings. The molecule has 84 valence electrons. The fraction of sp³-hybridized carbons (Fsp3) is 0.545. The Morgan fingerprint density at radius 3 is 2.73 bits per heavy atom. The van der Waals surface area contributed by atoms with Gasteiger partial charge in [-0.1, -0.05) is 0 Å². The highest BCUT2D eigenvalue weighted by molar-refractivity contribution is 5.15. The lowest BCUT2D eigenvalue weighted by Crippen LogP contribution is -2.23. The number of pyridine rings is 1. The van der Waals surface area contributed by atoms with E-state index in [-0.39, 0.29) is 17.8 Å². The average Bonchev–Trinajstić information content (AvgIpc) is 2.14. The van der Waals surface area contributed by atoms with Crippen LogP contribution in [-0.4, -0.2) is 22.3 Å². The molecule has 4 heteroatoms. The number of rotatable bonds is 3. The third-order valence-corrected chi connectivity index (χ3v) is 1.84. The van der Waals surface area contributed by atoms with E-state index in [9.17, 15) is 9.50 Å². The number of aliphatic hydroxyl groups is 1. The summed E-state index contributed by atoms with van der Waals surface area (Å²) in [5.74, 6) is -0.512. The van der Waals surface area contributed by atoms with Crippen LogP contribution in [0.4, 0.5) is 4.39 Å². The van der Waals surface area contributed by atoms with E-state index in [0.29, 0.717) is 0 Å². The van der Waals surface area contributed by atoms with E-state index in [4.69, 9.17) is 4.74 Å². The van der Waals surface area contributed by atoms with Crippen molar-refractivity contribution in [3.63, 3.8) is 0 Å². The van der Waals surface area contributed by atoms with Gasteiger partial charge in [-0.05, 0) is 26.8 Å². The molecule has 1 N–H and O–H groups in total. The Kier molecular flexibility index (Phi) is 3.77. The number of hydrogen-bond donors (Lipinski definition) is 1. The summed E-state index contributed by atoms with van der Waals surface area (Å²) in [4.78, 5) is 3.61. The van der Waals surface area contributed by atoms with Gasteiger partial charge in [0.1, 0.15) is 11.9 Å². The van der Waals surface area contributed by atoms with Crippen molar-refractivity contribution >= 4 is 0 Å². The molecule has 0 amide bonds. The molecule has 0 saturated heterocycles. The molecule has 0 aliphatic heterocycles. The van der Waals surface area contributed by atoms with E-state index in [1.165, 1.54) is 12.3 Å². The molecule has 0 radical (unpaired) electrons. The van der Waals surface area contributed by atoms with Gasteiger partial charge in [0.25, 0.3) is 0 Å². The van der Waals surface area contributed by atoms with Gasteiger partial charge < -0.3 is 9.84 Å². The second kappa shape index (κ2) is 4.68. The minimum absolute atomic E-state index is 0.0738. The molecular formula is C11H16FNO2. The largest absolute Gasteiger partial charge is 0.386 e. The number of hydrogen-bond acceptors (Lipinski definition) is 3. The fourth-order valence-electron chi connectivity index (χ4n) is 1.07. The lowest BCUT2D eigenvalue weighted by atomic mass is 10.1. The monoisotopic (exact) mass is 213 g/mol. The Morgan fingerprint density at radius 2 is 2.20 bits per heavy atom. The van der Waals surface area contributed by atoms with Gasteiger partial charge in [0.15, 0.2) is 0 Å². The lowest BCUT2D eigenvalue weighted by molar-refractivity contribution is -0.0504. The third kappa shape index (κ3) is 3.93. The Morgan fingerprint density at radius 1 is 1.53 bits per heavy atom. The average molecular weight is 213 g/mol. The highest BCUT2D eigenvalue weighted by Gasteiger charge is 2.17. The van der Waals surface area contributed by atoms with E-state index in [1.54, 1.807) is 0 Å². The maximum Gasteiger partial charge on any atom is 0.147 e. The molecular weight excluding hydrogens is 197 g/mol. The quantitative estimate of drug-likeness (QED) is 0.835. The van der Waals surface area contributed by atoms with Crippen LogP contribution in [0.25, 0.3) is 0 Å². The summed E-state index contributed by atoms with van der Waals surface area (Å²) in [6.45, 7) is 5.71. The molecule has 0 fully saturated rings. The zero-order chi connectivity index (χ0) is 11.5. The third-order valence-electron chi connectivity index (χ3n) is 1.84. The van der Waals surface area contributed by atoms with Crippen LogP contribution in [0.1, 0.15) is 32.4 Å². The maximum absolute atomic E-state index is 13.2. The van der Waals surface area contributed by atoms with Gasteiger partial charge in [0.05, 0.1) is 18.4 Å². The van der Waals surface area contributed by atoms with Crippen LogP contribution in [0.2, 0.25) is 0 Å². The first-order valence-electron chi connectivity index (χ1n) is 4.81. The maximum atomic E-state index is 13.2. The van der Waals surface area contributed by atoms with Gasteiger partial charge >= 0.3 is 0 Å². The minimum atomic E-state index is -0.952. The van der Waals surface area contributed by atoms with E-state index in [0.717, 1.165) is 6.20 Å². The molecule has 1 heterocycles. The minimum Gasteiger partial charge on any atom is -0.386 e. The molecule has 1 aromatic heterocycles. The Balaban J connectivity index is 2.62. The van der Waals surface area contributed by atoms with Crippen molar-refractivity contribution in [3.8, 4) is 0 Å². The molecule has 0 spiro atoms. The molecule has 1 rings (SSSR count). The van der Waals surface area contributed by atoms with Crippen LogP contribution in [-0.2, 0) is 4.74 Å². The summed E-state index contributed by atoms with van der Waals surface area (Å²) >= 11 is 0. The number of halogens is 1. The van der Waals surface area contributed by atoms with Crippen molar-refractivity contribution in [1.29, 1.82) is 0 Å². The Hall–Kier alpha value is -1.00. The molecule has 15 heavy (non-hydrogen) atoms. The van der Waals surface area contributed by atoms with Crippen molar-refractivity contribution in [2.24, 2.45) is 0 Å². The van der Waals surface area contributed by atoms with Crippen LogP contribution in [0, 0.1) is 5.82 Å². The van der Waals surface area contributed by atoms with Gasteiger partial charge in [-0.2, -0.15) is 0 Å². The summed E-state index contributed by atoms with van der Waals surface area (Å²) in [7, 11) is 0. The van der Waals surface area contributed by atoms with Gasteiger partial charge in [-0.3, -0.25) is 4.98 Å². The van der Waals surface area contributed by atoms with Crippen LogP contribution in [0.15, 0.2) is 18.5 Å². The number of aliphatic hydroxyl groups excluding tert-OH is 1. The van der Waals surface area contributed by atoms with Crippen molar-refractivity contribution < 1.29 is 14.2 Å². The standard InChI is InChI=1S/C11H16FNO2/c1-11(2,3)15-7-10(14)8-4-5-13-6-9(8)12/h4-6,10,14H,7H2,1-3H3. The zero-order valence-electron chi connectivity index (χ0n) is 9.20. The topological polar surface area (TPSA) is 42.4 Å². The number of ether oxygens (including phenoxy) is 1. The Labute approximate surface area is 88.9 Å². The number of aromatic nitrogens is 1. The fourth-order valence-corrected chi connectivity index (χ4v) is 1.07. The van der Waals surface area contributed by atoms with E-state index >= 15 is 0 Å². The van der Waals surface area contributed by atoms with Crippen molar-refractivity contribution in [2.45, 2.75) is 32.5 Å². The molecule has 0 aliphatic carbocycles. The van der Waals surface area contributed by atoms with Gasteiger partial charge in [0, 0.05) is 11.8 Å². The zero-order valence-corrected chi connectivity index (χ0v) is 9.20. The first-order chi connectivity index (χ1) is 6.90. The second-order valence-corrected chi connectivity index (χ2v) is 4.34. The van der Waals surface area contributed by atoms with Crippen LogP contribution < -0.4 is 0 Å². The molecule has 3 nitrogen and oxygen atoms in total. The predicted molar refractivity (Wildman–Crippen MR) is 54.9 cm³/mol. The van der Waals surface area contributed by atoms with E-state index in [1.807, 2.05) is 20.8 Å². The molecule has 0 bridgehead atoms. The van der Waals surface area contributed by atoms with Crippen molar-refractivity contribution in [3.05, 3.63) is 29.8 Å². The van der Waals surface area contributed by atoms with Crippen LogP contribution in [0.5, 0.6) is 0 Å². The van der Waals surface area contributed by atoms with Crippen molar-refractivity contribution in [1.82, 2.24) is 4.98 Å². The lowest BCUT2D eigenvalue weighted by Gasteiger charge is -2.22. The molecule has 1 unspecified atom stereocenters. The molecule has 0 saturated carbocycles. The number of nitrogens with zero attached hydrogens (tertiary/aromatic N) is 1. The SMILES string of the molecule is CC(C)(C)OCC(O)c1ccncc1F. The first kappa shape index (κ1) is 12.1. The highest BCUT2D eigenvalue weighted by Crippen LogP contribution is 2.18. The van der Waals surface area contributed by atoms with E-state index in [2.05, 4.69) is 4.98 Å². The van der Waals surface area contributed by atoms with Crippen LogP contribution >= 0.6 is 0 Å². The Bertz CT molecular complexity index is 323. The highest BCUT2D eigenvalue weighted by atomic mass is 19.1. The first-order valence-corrected chi connectivity index (χ1v) is 4.81. The molecule has 1 atom stereocenters. The second-order valence-electron chi connectivity index (χ2n) is 4.34. The van der Waals surface area contributed by atoms with Crippen LogP contribution in [0.3, 0.4) is 0 Å².